The van der Waals surface area contributed by atoms with Crippen LogP contribution in [0.4, 0.5) is 0 Å². The fourth-order valence-corrected chi connectivity index (χ4v) is 2.73. The van der Waals surface area contributed by atoms with Crippen molar-refractivity contribution >= 4 is 10.9 Å². The van der Waals surface area contributed by atoms with Crippen molar-refractivity contribution in [2.45, 2.75) is 38.5 Å². The van der Waals surface area contributed by atoms with Crippen molar-refractivity contribution in [3.05, 3.63) is 36.0 Å². The Morgan fingerprint density at radius 1 is 1.39 bits per heavy atom. The van der Waals surface area contributed by atoms with Crippen LogP contribution in [0.15, 0.2) is 30.5 Å². The highest BCUT2D eigenvalue weighted by atomic mass is 16.5. The number of aromatic amines is 1. The second-order valence-electron chi connectivity index (χ2n) is 5.14. The Labute approximate surface area is 108 Å². The number of ether oxygens (including phenoxy) is 1. The van der Waals surface area contributed by atoms with E-state index in [0.29, 0.717) is 12.1 Å². The number of nitrogens with one attached hydrogen (secondary N) is 2. The summed E-state index contributed by atoms with van der Waals surface area (Å²) in [5.41, 5.74) is 2.60. The summed E-state index contributed by atoms with van der Waals surface area (Å²) < 4.78 is 5.57. The fourth-order valence-electron chi connectivity index (χ4n) is 2.73. The molecule has 18 heavy (non-hydrogen) atoms. The standard InChI is InChI=1S/C15H20N2O/c1-11-9-14(6-8-18-11)17-10-13-4-2-3-12-5-7-16-15(12)13/h2-5,7,11,14,16-17H,6,8-10H2,1H3. The SMILES string of the molecule is CC1CC(NCc2cccc3cc[nH]c23)CCO1. The minimum atomic E-state index is 0.387. The molecule has 0 radical (unpaired) electrons. The van der Waals surface area contributed by atoms with E-state index in [0.717, 1.165) is 26.0 Å². The number of hydrogen-bond donors (Lipinski definition) is 2. The molecule has 2 atom stereocenters. The van der Waals surface area contributed by atoms with Crippen LogP contribution in [-0.4, -0.2) is 23.7 Å². The van der Waals surface area contributed by atoms with E-state index in [4.69, 9.17) is 4.74 Å². The average Bonchev–Trinajstić information content (AvgIpc) is 2.85. The number of para-hydroxylation sites is 1. The molecule has 1 aliphatic heterocycles. The predicted octanol–water partition coefficient (Wildman–Crippen LogP) is 2.83. The molecule has 96 valence electrons. The number of aromatic nitrogens is 1. The van der Waals surface area contributed by atoms with E-state index in [1.54, 1.807) is 0 Å². The molecule has 0 saturated carbocycles. The molecular weight excluding hydrogens is 224 g/mol. The fraction of sp³-hybridized carbons (Fsp3) is 0.467. The molecule has 2 N–H and O–H groups in total. The minimum absolute atomic E-state index is 0.387. The Hall–Kier alpha value is -1.32. The van der Waals surface area contributed by atoms with Crippen molar-refractivity contribution in [3.63, 3.8) is 0 Å². The van der Waals surface area contributed by atoms with Crippen LogP contribution >= 0.6 is 0 Å². The number of hydrogen-bond acceptors (Lipinski definition) is 2. The highest BCUT2D eigenvalue weighted by molar-refractivity contribution is 5.82. The third-order valence-corrected chi connectivity index (χ3v) is 3.74. The third-order valence-electron chi connectivity index (χ3n) is 3.74. The van der Waals surface area contributed by atoms with Crippen molar-refractivity contribution in [1.82, 2.24) is 10.3 Å². The van der Waals surface area contributed by atoms with Gasteiger partial charge in [0, 0.05) is 30.9 Å². The van der Waals surface area contributed by atoms with Gasteiger partial charge in [-0.3, -0.25) is 0 Å². The highest BCUT2D eigenvalue weighted by Gasteiger charge is 2.18. The normalized spacial score (nSPS) is 24.5. The van der Waals surface area contributed by atoms with Crippen LogP contribution in [0.1, 0.15) is 25.3 Å². The smallest absolute Gasteiger partial charge is 0.0561 e. The molecule has 3 nitrogen and oxygen atoms in total. The van der Waals surface area contributed by atoms with Gasteiger partial charge in [-0.05, 0) is 36.8 Å². The second-order valence-corrected chi connectivity index (χ2v) is 5.14. The summed E-state index contributed by atoms with van der Waals surface area (Å²) in [5, 5.41) is 4.94. The lowest BCUT2D eigenvalue weighted by Gasteiger charge is -2.28. The topological polar surface area (TPSA) is 37.0 Å². The van der Waals surface area contributed by atoms with E-state index in [1.165, 1.54) is 16.5 Å². The zero-order chi connectivity index (χ0) is 12.4. The van der Waals surface area contributed by atoms with Gasteiger partial charge in [0.25, 0.3) is 0 Å². The maximum Gasteiger partial charge on any atom is 0.0561 e. The highest BCUT2D eigenvalue weighted by Crippen LogP contribution is 2.18. The molecular formula is C15H20N2O. The first kappa shape index (κ1) is 11.8. The maximum atomic E-state index is 5.57. The number of fused-ring (bicyclic) bond motifs is 1. The molecule has 3 rings (SSSR count). The van der Waals surface area contributed by atoms with Crippen molar-refractivity contribution in [1.29, 1.82) is 0 Å². The van der Waals surface area contributed by atoms with E-state index in [-0.39, 0.29) is 0 Å². The Morgan fingerprint density at radius 2 is 2.33 bits per heavy atom. The van der Waals surface area contributed by atoms with Crippen LogP contribution in [0.3, 0.4) is 0 Å². The first-order valence-corrected chi connectivity index (χ1v) is 6.73. The molecule has 0 spiro atoms. The summed E-state index contributed by atoms with van der Waals surface area (Å²) in [7, 11) is 0. The van der Waals surface area contributed by atoms with Gasteiger partial charge >= 0.3 is 0 Å². The molecule has 0 bridgehead atoms. The lowest BCUT2D eigenvalue weighted by atomic mass is 10.0. The van der Waals surface area contributed by atoms with Crippen LogP contribution in [0, 0.1) is 0 Å². The molecule has 3 heteroatoms. The molecule has 0 aliphatic carbocycles. The predicted molar refractivity (Wildman–Crippen MR) is 73.6 cm³/mol. The summed E-state index contributed by atoms with van der Waals surface area (Å²) in [6.45, 7) is 3.96. The van der Waals surface area contributed by atoms with Gasteiger partial charge in [0.2, 0.25) is 0 Å². The van der Waals surface area contributed by atoms with Gasteiger partial charge in [0.15, 0.2) is 0 Å². The summed E-state index contributed by atoms with van der Waals surface area (Å²) in [4.78, 5) is 3.32. The van der Waals surface area contributed by atoms with Crippen LogP contribution in [0.2, 0.25) is 0 Å². The number of H-pyrrole nitrogens is 1. The second kappa shape index (κ2) is 5.12. The van der Waals surface area contributed by atoms with Crippen molar-refractivity contribution in [3.8, 4) is 0 Å². The van der Waals surface area contributed by atoms with E-state index < -0.39 is 0 Å². The first-order chi connectivity index (χ1) is 8.83. The van der Waals surface area contributed by atoms with E-state index in [9.17, 15) is 0 Å². The van der Waals surface area contributed by atoms with Gasteiger partial charge < -0.3 is 15.0 Å². The molecule has 1 saturated heterocycles. The Bertz CT molecular complexity index is 520. The van der Waals surface area contributed by atoms with E-state index >= 15 is 0 Å². The van der Waals surface area contributed by atoms with Crippen LogP contribution < -0.4 is 5.32 Å². The van der Waals surface area contributed by atoms with Crippen LogP contribution in [0.25, 0.3) is 10.9 Å². The Kier molecular flexibility index (Phi) is 3.35. The van der Waals surface area contributed by atoms with Crippen LogP contribution in [0.5, 0.6) is 0 Å². The summed E-state index contributed by atoms with van der Waals surface area (Å²) in [6, 6.07) is 9.16. The van der Waals surface area contributed by atoms with Gasteiger partial charge in [-0.25, -0.2) is 0 Å². The zero-order valence-electron chi connectivity index (χ0n) is 10.8. The number of benzene rings is 1. The average molecular weight is 244 g/mol. The lowest BCUT2D eigenvalue weighted by molar-refractivity contribution is 0.0130. The molecule has 2 unspecified atom stereocenters. The molecule has 1 aliphatic rings. The van der Waals surface area contributed by atoms with Gasteiger partial charge in [0.1, 0.15) is 0 Å². The van der Waals surface area contributed by atoms with Gasteiger partial charge in [-0.1, -0.05) is 18.2 Å². The number of rotatable bonds is 3. The molecule has 2 aromatic rings. The van der Waals surface area contributed by atoms with Crippen LogP contribution in [-0.2, 0) is 11.3 Å². The van der Waals surface area contributed by atoms with E-state index in [2.05, 4.69) is 41.5 Å². The van der Waals surface area contributed by atoms with Gasteiger partial charge in [-0.2, -0.15) is 0 Å². The molecule has 1 aromatic carbocycles. The first-order valence-electron chi connectivity index (χ1n) is 6.73. The quantitative estimate of drug-likeness (QED) is 0.871. The van der Waals surface area contributed by atoms with Gasteiger partial charge in [0.05, 0.1) is 6.10 Å². The largest absolute Gasteiger partial charge is 0.378 e. The molecule has 1 aromatic heterocycles. The van der Waals surface area contributed by atoms with E-state index in [1.807, 2.05) is 6.20 Å². The Morgan fingerprint density at radius 3 is 3.22 bits per heavy atom. The minimum Gasteiger partial charge on any atom is -0.378 e. The maximum absolute atomic E-state index is 5.57. The van der Waals surface area contributed by atoms with Crippen molar-refractivity contribution in [2.75, 3.05) is 6.61 Å². The molecule has 1 fully saturated rings. The van der Waals surface area contributed by atoms with Crippen molar-refractivity contribution in [2.24, 2.45) is 0 Å². The summed E-state index contributed by atoms with van der Waals surface area (Å²) in [5.74, 6) is 0. The lowest BCUT2D eigenvalue weighted by Crippen LogP contribution is -2.37. The summed E-state index contributed by atoms with van der Waals surface area (Å²) in [6.07, 6.45) is 4.62. The molecule has 2 heterocycles. The molecule has 0 amide bonds. The Balaban J connectivity index is 1.67. The monoisotopic (exact) mass is 244 g/mol. The third kappa shape index (κ3) is 2.42. The zero-order valence-corrected chi connectivity index (χ0v) is 10.8. The van der Waals surface area contributed by atoms with Crippen molar-refractivity contribution < 1.29 is 4.74 Å². The summed E-state index contributed by atoms with van der Waals surface area (Å²) >= 11 is 0. The van der Waals surface area contributed by atoms with Gasteiger partial charge in [-0.15, -0.1) is 0 Å².